The quantitative estimate of drug-likeness (QED) is 0.231. The molecule has 0 radical (unpaired) electrons. The predicted molar refractivity (Wildman–Crippen MR) is 129 cm³/mol. The van der Waals surface area contributed by atoms with Crippen LogP contribution >= 0.6 is 23.4 Å². The average molecular weight is 494 g/mol. The number of furan rings is 1. The highest BCUT2D eigenvalue weighted by atomic mass is 35.5. The summed E-state index contributed by atoms with van der Waals surface area (Å²) in [6, 6.07) is 18.9. The van der Waals surface area contributed by atoms with Crippen LogP contribution < -0.4 is 4.74 Å². The molecule has 0 aliphatic heterocycles. The van der Waals surface area contributed by atoms with E-state index >= 15 is 0 Å². The minimum atomic E-state index is 0.431. The van der Waals surface area contributed by atoms with Gasteiger partial charge in [-0.3, -0.25) is 4.57 Å². The third-order valence-electron chi connectivity index (χ3n) is 4.93. The van der Waals surface area contributed by atoms with Crippen LogP contribution in [0.5, 0.6) is 5.75 Å². The lowest BCUT2D eigenvalue weighted by Crippen LogP contribution is -2.03. The third-order valence-corrected chi connectivity index (χ3v) is 6.14. The van der Waals surface area contributed by atoms with Crippen molar-refractivity contribution in [1.82, 2.24) is 24.9 Å². The fourth-order valence-electron chi connectivity index (χ4n) is 3.39. The fraction of sp³-hybridized carbons (Fsp3) is 0.167. The zero-order valence-corrected chi connectivity index (χ0v) is 19.8. The number of aromatic nitrogens is 5. The van der Waals surface area contributed by atoms with Crippen LogP contribution in [0.4, 0.5) is 0 Å². The van der Waals surface area contributed by atoms with E-state index in [2.05, 4.69) is 20.3 Å². The van der Waals surface area contributed by atoms with E-state index in [1.165, 1.54) is 11.8 Å². The number of ether oxygens (including phenoxy) is 1. The van der Waals surface area contributed by atoms with Crippen LogP contribution in [0.25, 0.3) is 22.8 Å². The maximum Gasteiger partial charge on any atom is 0.237 e. The maximum atomic E-state index is 6.06. The van der Waals surface area contributed by atoms with Crippen LogP contribution in [0, 0.1) is 0 Å². The number of hydrogen-bond acceptors (Lipinski definition) is 8. The van der Waals surface area contributed by atoms with Gasteiger partial charge in [0.05, 0.1) is 30.7 Å². The highest BCUT2D eigenvalue weighted by molar-refractivity contribution is 7.98. The summed E-state index contributed by atoms with van der Waals surface area (Å²) >= 11 is 7.51. The molecule has 0 aliphatic rings. The number of benzene rings is 2. The number of para-hydroxylation sites is 1. The van der Waals surface area contributed by atoms with E-state index in [0.29, 0.717) is 46.6 Å². The van der Waals surface area contributed by atoms with Gasteiger partial charge in [-0.25, -0.2) is 0 Å². The van der Waals surface area contributed by atoms with Crippen molar-refractivity contribution < 1.29 is 13.7 Å². The number of halogens is 1. The summed E-state index contributed by atoms with van der Waals surface area (Å²) in [7, 11) is 0. The summed E-state index contributed by atoms with van der Waals surface area (Å²) in [6.45, 7) is 2.97. The summed E-state index contributed by atoms with van der Waals surface area (Å²) in [5.41, 5.74) is 1.69. The third kappa shape index (κ3) is 4.85. The average Bonchev–Trinajstić information content (AvgIpc) is 3.61. The standard InChI is InChI=1S/C24H20ClN5O3S/c1-2-31-20-8-4-3-7-19(20)22-26-21(33-29-22)15-34-24-28-27-23(16-9-11-17(25)12-10-16)30(24)14-18-6-5-13-32-18/h3-13H,2,14-15H2,1H3. The fourth-order valence-corrected chi connectivity index (χ4v) is 4.29. The second-order valence-corrected chi connectivity index (χ2v) is 8.59. The Morgan fingerprint density at radius 3 is 2.68 bits per heavy atom. The molecule has 0 spiro atoms. The SMILES string of the molecule is CCOc1ccccc1-c1noc(CSc2nnc(-c3ccc(Cl)cc3)n2Cc2ccco2)n1. The molecule has 3 heterocycles. The van der Waals surface area contributed by atoms with Gasteiger partial charge in [-0.1, -0.05) is 40.7 Å². The first-order valence-electron chi connectivity index (χ1n) is 10.6. The van der Waals surface area contributed by atoms with Crippen molar-refractivity contribution in [2.24, 2.45) is 0 Å². The van der Waals surface area contributed by atoms with Crippen molar-refractivity contribution in [1.29, 1.82) is 0 Å². The summed E-state index contributed by atoms with van der Waals surface area (Å²) in [5, 5.41) is 14.3. The van der Waals surface area contributed by atoms with E-state index in [0.717, 1.165) is 22.6 Å². The lowest BCUT2D eigenvalue weighted by molar-refractivity contribution is 0.341. The van der Waals surface area contributed by atoms with Gasteiger partial charge < -0.3 is 13.7 Å². The van der Waals surface area contributed by atoms with Crippen molar-refractivity contribution in [3.8, 4) is 28.5 Å². The van der Waals surface area contributed by atoms with Gasteiger partial charge in [-0.15, -0.1) is 10.2 Å². The van der Waals surface area contributed by atoms with Crippen molar-refractivity contribution in [2.45, 2.75) is 24.4 Å². The van der Waals surface area contributed by atoms with Crippen LogP contribution in [0.15, 0.2) is 81.0 Å². The van der Waals surface area contributed by atoms with Gasteiger partial charge in [0.1, 0.15) is 11.5 Å². The molecule has 3 aromatic heterocycles. The summed E-state index contributed by atoms with van der Waals surface area (Å²) in [4.78, 5) is 4.55. The monoisotopic (exact) mass is 493 g/mol. The summed E-state index contributed by atoms with van der Waals surface area (Å²) in [6.07, 6.45) is 1.65. The van der Waals surface area contributed by atoms with E-state index in [1.807, 2.05) is 72.2 Å². The van der Waals surface area contributed by atoms with Crippen LogP contribution in [-0.4, -0.2) is 31.5 Å². The first-order valence-corrected chi connectivity index (χ1v) is 12.0. The second kappa shape index (κ2) is 10.1. The van der Waals surface area contributed by atoms with Crippen LogP contribution in [0.3, 0.4) is 0 Å². The molecule has 0 unspecified atom stereocenters. The maximum absolute atomic E-state index is 6.06. The molecule has 10 heteroatoms. The van der Waals surface area contributed by atoms with Gasteiger partial charge in [-0.05, 0) is 55.5 Å². The molecule has 0 aliphatic carbocycles. The Kier molecular flexibility index (Phi) is 6.64. The molecule has 172 valence electrons. The zero-order valence-electron chi connectivity index (χ0n) is 18.2. The van der Waals surface area contributed by atoms with Crippen molar-refractivity contribution in [2.75, 3.05) is 6.61 Å². The molecule has 0 saturated carbocycles. The van der Waals surface area contributed by atoms with Gasteiger partial charge in [0.25, 0.3) is 0 Å². The van der Waals surface area contributed by atoms with Crippen molar-refractivity contribution in [3.05, 3.63) is 83.6 Å². The molecule has 0 amide bonds. The molecule has 34 heavy (non-hydrogen) atoms. The van der Waals surface area contributed by atoms with E-state index in [9.17, 15) is 0 Å². The number of thioether (sulfide) groups is 1. The number of rotatable bonds is 9. The zero-order chi connectivity index (χ0) is 23.3. The Bertz CT molecular complexity index is 1370. The predicted octanol–water partition coefficient (Wildman–Crippen LogP) is 5.98. The Hall–Kier alpha value is -3.56. The smallest absolute Gasteiger partial charge is 0.237 e. The molecule has 5 rings (SSSR count). The molecule has 8 nitrogen and oxygen atoms in total. The summed E-state index contributed by atoms with van der Waals surface area (Å²) < 4.78 is 18.7. The van der Waals surface area contributed by atoms with Gasteiger partial charge >= 0.3 is 0 Å². The largest absolute Gasteiger partial charge is 0.493 e. The number of nitrogens with zero attached hydrogens (tertiary/aromatic N) is 5. The van der Waals surface area contributed by atoms with Crippen LogP contribution in [-0.2, 0) is 12.3 Å². The summed E-state index contributed by atoms with van der Waals surface area (Å²) in [5.74, 6) is 3.62. The lowest BCUT2D eigenvalue weighted by Gasteiger charge is -2.08. The van der Waals surface area contributed by atoms with E-state index < -0.39 is 0 Å². The molecular formula is C24H20ClN5O3S. The Morgan fingerprint density at radius 1 is 1.03 bits per heavy atom. The van der Waals surface area contributed by atoms with Crippen LogP contribution in [0.2, 0.25) is 5.02 Å². The molecule has 5 aromatic rings. The van der Waals surface area contributed by atoms with E-state index in [1.54, 1.807) is 6.26 Å². The van der Waals surface area contributed by atoms with Gasteiger partial charge in [0, 0.05) is 10.6 Å². The Balaban J connectivity index is 1.38. The number of hydrogen-bond donors (Lipinski definition) is 0. The van der Waals surface area contributed by atoms with Gasteiger partial charge in [0.2, 0.25) is 11.7 Å². The normalized spacial score (nSPS) is 11.1. The highest BCUT2D eigenvalue weighted by Gasteiger charge is 2.18. The van der Waals surface area contributed by atoms with Gasteiger partial charge in [0.15, 0.2) is 11.0 Å². The minimum absolute atomic E-state index is 0.431. The first-order chi connectivity index (χ1) is 16.7. The van der Waals surface area contributed by atoms with Crippen LogP contribution in [0.1, 0.15) is 18.6 Å². The van der Waals surface area contributed by atoms with Crippen molar-refractivity contribution >= 4 is 23.4 Å². The molecule has 2 aromatic carbocycles. The van der Waals surface area contributed by atoms with E-state index in [-0.39, 0.29) is 0 Å². The Labute approximate surface area is 204 Å². The molecule has 0 fully saturated rings. The minimum Gasteiger partial charge on any atom is -0.493 e. The van der Waals surface area contributed by atoms with E-state index in [4.69, 9.17) is 25.3 Å². The van der Waals surface area contributed by atoms with Gasteiger partial charge in [-0.2, -0.15) is 4.98 Å². The topological polar surface area (TPSA) is 92.0 Å². The van der Waals surface area contributed by atoms with Crippen molar-refractivity contribution in [3.63, 3.8) is 0 Å². The highest BCUT2D eigenvalue weighted by Crippen LogP contribution is 2.30. The molecular weight excluding hydrogens is 474 g/mol. The molecule has 0 N–H and O–H groups in total. The lowest BCUT2D eigenvalue weighted by atomic mass is 10.2. The molecule has 0 saturated heterocycles. The second-order valence-electron chi connectivity index (χ2n) is 7.21. The molecule has 0 atom stereocenters. The first kappa shape index (κ1) is 22.2. The Morgan fingerprint density at radius 2 is 1.88 bits per heavy atom. The molecule has 0 bridgehead atoms.